The Kier molecular flexibility index (Phi) is 4.22. The number of hydrogen-bond donors (Lipinski definition) is 1. The molecule has 2 rings (SSSR count). The molecule has 0 saturated heterocycles. The molecule has 5 nitrogen and oxygen atoms in total. The zero-order chi connectivity index (χ0) is 16.4. The first kappa shape index (κ1) is 15.6. The summed E-state index contributed by atoms with van der Waals surface area (Å²) in [5.74, 6) is -0.722. The summed E-state index contributed by atoms with van der Waals surface area (Å²) >= 11 is 0. The van der Waals surface area contributed by atoms with Gasteiger partial charge in [-0.1, -0.05) is 23.8 Å². The Morgan fingerprint density at radius 3 is 2.59 bits per heavy atom. The summed E-state index contributed by atoms with van der Waals surface area (Å²) in [4.78, 5) is 12.2. The zero-order valence-electron chi connectivity index (χ0n) is 13.1. The van der Waals surface area contributed by atoms with Crippen LogP contribution in [-0.4, -0.2) is 13.1 Å². The highest BCUT2D eigenvalue weighted by Gasteiger charge is 2.36. The third kappa shape index (κ3) is 2.56. The number of aryl methyl sites for hydroxylation is 2. The van der Waals surface area contributed by atoms with Crippen LogP contribution in [0.25, 0.3) is 0 Å². The molecule has 1 heterocycles. The second-order valence-corrected chi connectivity index (χ2v) is 5.25. The first-order chi connectivity index (χ1) is 10.4. The Bertz CT molecular complexity index is 739. The van der Waals surface area contributed by atoms with Gasteiger partial charge in [-0.05, 0) is 31.9 Å². The predicted molar refractivity (Wildman–Crippen MR) is 81.3 cm³/mol. The van der Waals surface area contributed by atoms with Gasteiger partial charge in [0.25, 0.3) is 0 Å². The summed E-state index contributed by atoms with van der Waals surface area (Å²) in [6.45, 7) is 5.56. The normalized spacial score (nSPS) is 17.9. The highest BCUT2D eigenvalue weighted by atomic mass is 16.5. The van der Waals surface area contributed by atoms with E-state index in [1.54, 1.807) is 6.92 Å². The number of carbonyl (C=O) groups is 1. The number of carbonyl (C=O) groups excluding carboxylic acids is 1. The maximum Gasteiger partial charge on any atom is 0.338 e. The topological polar surface area (TPSA) is 85.3 Å². The van der Waals surface area contributed by atoms with Crippen LogP contribution in [0.3, 0.4) is 0 Å². The van der Waals surface area contributed by atoms with E-state index in [2.05, 4.69) is 6.07 Å². The van der Waals surface area contributed by atoms with Crippen LogP contribution < -0.4 is 5.73 Å². The van der Waals surface area contributed by atoms with Crippen molar-refractivity contribution in [3.05, 3.63) is 57.7 Å². The van der Waals surface area contributed by atoms with Crippen LogP contribution in [0.4, 0.5) is 0 Å². The number of nitrogens with two attached hydrogens (primary N) is 1. The number of ether oxygens (including phenoxy) is 2. The van der Waals surface area contributed by atoms with Crippen molar-refractivity contribution in [2.24, 2.45) is 5.73 Å². The summed E-state index contributed by atoms with van der Waals surface area (Å²) in [5.41, 5.74) is 9.28. The fourth-order valence-corrected chi connectivity index (χ4v) is 2.72. The number of benzene rings is 1. The molecule has 1 atom stereocenters. The smallest absolute Gasteiger partial charge is 0.338 e. The predicted octanol–water partition coefficient (Wildman–Crippen LogP) is 2.56. The maximum atomic E-state index is 12.2. The lowest BCUT2D eigenvalue weighted by molar-refractivity contribution is -0.136. The van der Waals surface area contributed by atoms with E-state index in [1.807, 2.05) is 32.0 Å². The van der Waals surface area contributed by atoms with Gasteiger partial charge in [0.2, 0.25) is 5.88 Å². The molecule has 0 spiro atoms. The average molecular weight is 298 g/mol. The van der Waals surface area contributed by atoms with Crippen LogP contribution in [-0.2, 0) is 14.3 Å². The minimum absolute atomic E-state index is 0.0256. The van der Waals surface area contributed by atoms with E-state index in [0.29, 0.717) is 11.3 Å². The summed E-state index contributed by atoms with van der Waals surface area (Å²) in [6, 6.07) is 7.90. The fourth-order valence-electron chi connectivity index (χ4n) is 2.72. The number of esters is 1. The van der Waals surface area contributed by atoms with E-state index in [9.17, 15) is 10.1 Å². The van der Waals surface area contributed by atoms with E-state index in [-0.39, 0.29) is 11.5 Å². The molecule has 0 aromatic heterocycles. The molecule has 0 radical (unpaired) electrons. The van der Waals surface area contributed by atoms with Gasteiger partial charge in [0.05, 0.1) is 18.6 Å². The molecule has 1 aliphatic heterocycles. The van der Waals surface area contributed by atoms with Crippen LogP contribution in [0.2, 0.25) is 0 Å². The molecule has 0 saturated carbocycles. The molecule has 0 unspecified atom stereocenters. The molecule has 1 aliphatic rings. The van der Waals surface area contributed by atoms with Crippen molar-refractivity contribution in [1.82, 2.24) is 0 Å². The van der Waals surface area contributed by atoms with Gasteiger partial charge in [-0.25, -0.2) is 4.79 Å². The van der Waals surface area contributed by atoms with Crippen molar-refractivity contribution in [2.45, 2.75) is 26.7 Å². The molecule has 1 aromatic rings. The van der Waals surface area contributed by atoms with Crippen LogP contribution >= 0.6 is 0 Å². The van der Waals surface area contributed by atoms with E-state index >= 15 is 0 Å². The molecule has 2 N–H and O–H groups in total. The Hall–Kier alpha value is -2.74. The van der Waals surface area contributed by atoms with Crippen molar-refractivity contribution in [2.75, 3.05) is 7.11 Å². The van der Waals surface area contributed by atoms with Gasteiger partial charge < -0.3 is 15.2 Å². The third-order valence-corrected chi connectivity index (χ3v) is 3.75. The van der Waals surface area contributed by atoms with Crippen LogP contribution in [0.15, 0.2) is 41.0 Å². The number of methoxy groups -OCH3 is 1. The Morgan fingerprint density at radius 2 is 2.05 bits per heavy atom. The van der Waals surface area contributed by atoms with E-state index < -0.39 is 11.9 Å². The van der Waals surface area contributed by atoms with Crippen molar-refractivity contribution in [3.8, 4) is 6.07 Å². The number of allylic oxidation sites excluding steroid dienone is 2. The molecule has 22 heavy (non-hydrogen) atoms. The van der Waals surface area contributed by atoms with Crippen molar-refractivity contribution in [1.29, 1.82) is 5.26 Å². The van der Waals surface area contributed by atoms with Gasteiger partial charge in [0.1, 0.15) is 17.4 Å². The molecule has 114 valence electrons. The van der Waals surface area contributed by atoms with Crippen molar-refractivity contribution < 1.29 is 14.3 Å². The quantitative estimate of drug-likeness (QED) is 0.848. The highest BCUT2D eigenvalue weighted by molar-refractivity contribution is 5.92. The minimum Gasteiger partial charge on any atom is -0.466 e. The maximum absolute atomic E-state index is 12.2. The molecule has 1 aromatic carbocycles. The van der Waals surface area contributed by atoms with Gasteiger partial charge in [0, 0.05) is 0 Å². The number of nitriles is 1. The van der Waals surface area contributed by atoms with Gasteiger partial charge in [-0.15, -0.1) is 0 Å². The lowest BCUT2D eigenvalue weighted by atomic mass is 9.81. The summed E-state index contributed by atoms with van der Waals surface area (Å²) in [6.07, 6.45) is 0. The second-order valence-electron chi connectivity index (χ2n) is 5.25. The first-order valence-corrected chi connectivity index (χ1v) is 6.84. The van der Waals surface area contributed by atoms with Crippen molar-refractivity contribution in [3.63, 3.8) is 0 Å². The Labute approximate surface area is 129 Å². The van der Waals surface area contributed by atoms with Crippen molar-refractivity contribution >= 4 is 5.97 Å². The molecule has 0 aliphatic carbocycles. The average Bonchev–Trinajstić information content (AvgIpc) is 2.46. The SMILES string of the molecule is COC(=O)C1=C(C)OC(N)=C(C#N)[C@@H]1c1ccc(C)cc1C. The largest absolute Gasteiger partial charge is 0.466 e. The summed E-state index contributed by atoms with van der Waals surface area (Å²) in [7, 11) is 1.30. The fraction of sp³-hybridized carbons (Fsp3) is 0.294. The van der Waals surface area contributed by atoms with E-state index in [4.69, 9.17) is 15.2 Å². The lowest BCUT2D eigenvalue weighted by Gasteiger charge is -2.27. The number of rotatable bonds is 2. The van der Waals surface area contributed by atoms with Gasteiger partial charge >= 0.3 is 5.97 Å². The van der Waals surface area contributed by atoms with Gasteiger partial charge in [-0.3, -0.25) is 0 Å². The van der Waals surface area contributed by atoms with Crippen LogP contribution in [0, 0.1) is 25.2 Å². The number of nitrogens with zero attached hydrogens (tertiary/aromatic N) is 1. The monoisotopic (exact) mass is 298 g/mol. The standard InChI is InChI=1S/C17H18N2O3/c1-9-5-6-12(10(2)7-9)15-13(8-18)16(19)22-11(3)14(15)17(20)21-4/h5-7,15H,19H2,1-4H3/t15-/m0/s1. The molecule has 0 fully saturated rings. The van der Waals surface area contributed by atoms with E-state index in [1.165, 1.54) is 7.11 Å². The Balaban J connectivity index is 2.71. The minimum atomic E-state index is -0.577. The molecule has 5 heteroatoms. The van der Waals surface area contributed by atoms with Gasteiger partial charge in [-0.2, -0.15) is 5.26 Å². The van der Waals surface area contributed by atoms with E-state index in [0.717, 1.165) is 16.7 Å². The molecular weight excluding hydrogens is 280 g/mol. The van der Waals surface area contributed by atoms with Crippen LogP contribution in [0.5, 0.6) is 0 Å². The Morgan fingerprint density at radius 1 is 1.36 bits per heavy atom. The third-order valence-electron chi connectivity index (χ3n) is 3.75. The summed E-state index contributed by atoms with van der Waals surface area (Å²) in [5, 5.41) is 9.45. The molecule has 0 bridgehead atoms. The second kappa shape index (κ2) is 5.94. The molecular formula is C17H18N2O3. The zero-order valence-corrected chi connectivity index (χ0v) is 13.1. The lowest BCUT2D eigenvalue weighted by Crippen LogP contribution is -2.25. The highest BCUT2D eigenvalue weighted by Crippen LogP contribution is 2.40. The summed E-state index contributed by atoms with van der Waals surface area (Å²) < 4.78 is 10.2. The number of hydrogen-bond acceptors (Lipinski definition) is 5. The van der Waals surface area contributed by atoms with Gasteiger partial charge in [0.15, 0.2) is 0 Å². The van der Waals surface area contributed by atoms with Crippen LogP contribution in [0.1, 0.15) is 29.5 Å². The first-order valence-electron chi connectivity index (χ1n) is 6.84. The molecule has 0 amide bonds.